The Morgan fingerprint density at radius 3 is 1.52 bits per heavy atom. The van der Waals surface area contributed by atoms with Gasteiger partial charge in [0.1, 0.15) is 11.5 Å². The van der Waals surface area contributed by atoms with Crippen LogP contribution in [0.1, 0.15) is 22.3 Å². The van der Waals surface area contributed by atoms with Crippen LogP contribution in [0.25, 0.3) is 44.2 Å². The van der Waals surface area contributed by atoms with Gasteiger partial charge in [-0.3, -0.25) is 0 Å². The van der Waals surface area contributed by atoms with Gasteiger partial charge in [-0.1, -0.05) is 146 Å². The van der Waals surface area contributed by atoms with Crippen LogP contribution in [0.5, 0.6) is 11.5 Å². The minimum Gasteiger partial charge on any atom is -0.456 e. The Kier molecular flexibility index (Phi) is 4.88. The lowest BCUT2D eigenvalue weighted by atomic mass is 9.65. The van der Waals surface area contributed by atoms with Gasteiger partial charge in [-0.2, -0.15) is 0 Å². The predicted octanol–water partition coefficient (Wildman–Crippen LogP) is 10.6. The molecule has 42 heavy (non-hydrogen) atoms. The maximum Gasteiger partial charge on any atom is 0.135 e. The van der Waals surface area contributed by atoms with Crippen LogP contribution in [0.15, 0.2) is 158 Å². The number of para-hydroxylation sites is 1. The molecule has 1 heteroatoms. The number of hydrogen-bond acceptors (Lipinski definition) is 1. The Morgan fingerprint density at radius 1 is 0.333 bits per heavy atom. The van der Waals surface area contributed by atoms with Gasteiger partial charge in [-0.05, 0) is 67.6 Å². The molecule has 9 rings (SSSR count). The first-order valence-corrected chi connectivity index (χ1v) is 14.5. The second-order valence-corrected chi connectivity index (χ2v) is 11.2. The molecule has 0 bridgehead atoms. The zero-order valence-corrected chi connectivity index (χ0v) is 22.9. The second-order valence-electron chi connectivity index (χ2n) is 11.2. The molecule has 7 aromatic carbocycles. The number of hydrogen-bond donors (Lipinski definition) is 0. The first kappa shape index (κ1) is 23.3. The smallest absolute Gasteiger partial charge is 0.135 e. The van der Waals surface area contributed by atoms with E-state index in [4.69, 9.17) is 4.74 Å². The van der Waals surface area contributed by atoms with Crippen LogP contribution >= 0.6 is 0 Å². The van der Waals surface area contributed by atoms with E-state index in [1.807, 2.05) is 6.07 Å². The van der Waals surface area contributed by atoms with E-state index in [1.165, 1.54) is 60.8 Å². The third-order valence-electron chi connectivity index (χ3n) is 9.18. The van der Waals surface area contributed by atoms with Crippen LogP contribution in [0.2, 0.25) is 0 Å². The quantitative estimate of drug-likeness (QED) is 0.219. The summed E-state index contributed by atoms with van der Waals surface area (Å²) in [5.74, 6) is 1.82. The van der Waals surface area contributed by atoms with E-state index in [0.717, 1.165) is 17.1 Å². The van der Waals surface area contributed by atoms with Crippen molar-refractivity contribution in [2.45, 2.75) is 5.41 Å². The predicted molar refractivity (Wildman–Crippen MR) is 172 cm³/mol. The van der Waals surface area contributed by atoms with E-state index in [-0.39, 0.29) is 0 Å². The largest absolute Gasteiger partial charge is 0.456 e. The standard InChI is InChI=1S/C41H26O/c1-2-13-27(14-3-1)41(36-22-9-5-16-30(36)31-17-6-10-23-37(31)41)35-21-8-4-15-29(35)28-25-26-39-40-33(28)19-12-20-34(40)32-18-7-11-24-38(32)42-39/h1-26H. The normalized spacial score (nSPS) is 13.6. The average molecular weight is 535 g/mol. The highest BCUT2D eigenvalue weighted by molar-refractivity contribution is 6.10. The maximum absolute atomic E-state index is 6.45. The van der Waals surface area contributed by atoms with Crippen LogP contribution in [-0.4, -0.2) is 0 Å². The molecule has 2 aliphatic rings. The first-order chi connectivity index (χ1) is 20.9. The molecule has 1 aliphatic heterocycles. The molecule has 0 atom stereocenters. The summed E-state index contributed by atoms with van der Waals surface area (Å²) in [6.07, 6.45) is 0. The van der Waals surface area contributed by atoms with Crippen molar-refractivity contribution in [3.05, 3.63) is 180 Å². The fourth-order valence-corrected chi connectivity index (χ4v) is 7.54. The molecule has 0 aromatic heterocycles. The van der Waals surface area contributed by atoms with Crippen LogP contribution in [-0.2, 0) is 5.41 Å². The summed E-state index contributed by atoms with van der Waals surface area (Å²) in [7, 11) is 0. The van der Waals surface area contributed by atoms with Crippen molar-refractivity contribution in [3.63, 3.8) is 0 Å². The fourth-order valence-electron chi connectivity index (χ4n) is 7.54. The van der Waals surface area contributed by atoms with Gasteiger partial charge in [-0.15, -0.1) is 0 Å². The number of ether oxygens (including phenoxy) is 1. The number of rotatable bonds is 3. The first-order valence-electron chi connectivity index (χ1n) is 14.5. The number of benzene rings is 7. The summed E-state index contributed by atoms with van der Waals surface area (Å²) < 4.78 is 6.45. The van der Waals surface area contributed by atoms with Gasteiger partial charge in [-0.25, -0.2) is 0 Å². The Bertz CT molecular complexity index is 2130. The summed E-state index contributed by atoms with van der Waals surface area (Å²) >= 11 is 0. The Hall–Kier alpha value is -5.40. The molecule has 0 radical (unpaired) electrons. The van der Waals surface area contributed by atoms with Crippen molar-refractivity contribution in [1.82, 2.24) is 0 Å². The molecule has 0 fully saturated rings. The molecule has 7 aromatic rings. The molecule has 0 spiro atoms. The zero-order valence-electron chi connectivity index (χ0n) is 22.9. The third kappa shape index (κ3) is 3.03. The van der Waals surface area contributed by atoms with Crippen LogP contribution in [0, 0.1) is 0 Å². The van der Waals surface area contributed by atoms with Crippen molar-refractivity contribution >= 4 is 10.8 Å². The summed E-state index contributed by atoms with van der Waals surface area (Å²) in [6, 6.07) is 57.3. The minimum atomic E-state index is -0.464. The molecule has 0 saturated heterocycles. The van der Waals surface area contributed by atoms with Gasteiger partial charge in [0.05, 0.1) is 5.41 Å². The van der Waals surface area contributed by atoms with E-state index >= 15 is 0 Å². The van der Waals surface area contributed by atoms with E-state index in [1.54, 1.807) is 0 Å². The summed E-state index contributed by atoms with van der Waals surface area (Å²) in [6.45, 7) is 0. The van der Waals surface area contributed by atoms with Gasteiger partial charge < -0.3 is 4.74 Å². The van der Waals surface area contributed by atoms with Gasteiger partial charge in [0, 0.05) is 10.9 Å². The molecule has 1 aliphatic carbocycles. The van der Waals surface area contributed by atoms with Gasteiger partial charge in [0.15, 0.2) is 0 Å². The molecule has 0 N–H and O–H groups in total. The summed E-state index contributed by atoms with van der Waals surface area (Å²) in [5.41, 5.74) is 12.1. The molecule has 1 nitrogen and oxygen atoms in total. The highest BCUT2D eigenvalue weighted by atomic mass is 16.5. The van der Waals surface area contributed by atoms with Crippen molar-refractivity contribution in [2.75, 3.05) is 0 Å². The maximum atomic E-state index is 6.45. The highest BCUT2D eigenvalue weighted by Gasteiger charge is 2.47. The van der Waals surface area contributed by atoms with Crippen molar-refractivity contribution in [1.29, 1.82) is 0 Å². The molecule has 196 valence electrons. The molecule has 0 amide bonds. The van der Waals surface area contributed by atoms with Crippen LogP contribution in [0.4, 0.5) is 0 Å². The minimum absolute atomic E-state index is 0.464. The molecule has 0 saturated carbocycles. The molecule has 1 heterocycles. The van der Waals surface area contributed by atoms with E-state index in [9.17, 15) is 0 Å². The summed E-state index contributed by atoms with van der Waals surface area (Å²) in [4.78, 5) is 0. The lowest BCUT2D eigenvalue weighted by Crippen LogP contribution is -2.29. The van der Waals surface area contributed by atoms with E-state index in [2.05, 4.69) is 152 Å². The fraction of sp³-hybridized carbons (Fsp3) is 0.0244. The molecule has 0 unspecified atom stereocenters. The highest BCUT2D eigenvalue weighted by Crippen LogP contribution is 2.58. The van der Waals surface area contributed by atoms with Crippen molar-refractivity contribution in [2.24, 2.45) is 0 Å². The van der Waals surface area contributed by atoms with Crippen LogP contribution < -0.4 is 4.74 Å². The summed E-state index contributed by atoms with van der Waals surface area (Å²) in [5, 5.41) is 2.37. The number of fused-ring (bicyclic) bond motifs is 5. The zero-order chi connectivity index (χ0) is 27.7. The van der Waals surface area contributed by atoms with Gasteiger partial charge >= 0.3 is 0 Å². The van der Waals surface area contributed by atoms with Gasteiger partial charge in [0.2, 0.25) is 0 Å². The Morgan fingerprint density at radius 2 is 0.857 bits per heavy atom. The third-order valence-corrected chi connectivity index (χ3v) is 9.18. The molecular formula is C41H26O. The van der Waals surface area contributed by atoms with E-state index < -0.39 is 5.41 Å². The van der Waals surface area contributed by atoms with Crippen LogP contribution in [0.3, 0.4) is 0 Å². The monoisotopic (exact) mass is 534 g/mol. The average Bonchev–Trinajstić information content (AvgIpc) is 3.37. The Labute approximate surface area is 245 Å². The SMILES string of the molecule is c1ccc(C2(c3ccccc3-c3ccc4c5c(cccc35)-c3ccccc3O4)c3ccccc3-c3ccccc32)cc1. The topological polar surface area (TPSA) is 9.23 Å². The van der Waals surface area contributed by atoms with E-state index in [0.29, 0.717) is 0 Å². The lowest BCUT2D eigenvalue weighted by molar-refractivity contribution is 0.487. The van der Waals surface area contributed by atoms with Gasteiger partial charge in [0.25, 0.3) is 0 Å². The Balaban J connectivity index is 1.40. The van der Waals surface area contributed by atoms with Crippen molar-refractivity contribution in [3.8, 4) is 44.9 Å². The van der Waals surface area contributed by atoms with Crippen molar-refractivity contribution < 1.29 is 4.74 Å². The molecular weight excluding hydrogens is 508 g/mol. The second kappa shape index (κ2) is 8.80. The lowest BCUT2D eigenvalue weighted by Gasteiger charge is -2.35.